The number of nitrogens with zero attached hydrogens (tertiary/aromatic N) is 5. The third kappa shape index (κ3) is 13.6. The zero-order valence-electron chi connectivity index (χ0n) is 31.2. The van der Waals surface area contributed by atoms with Gasteiger partial charge in [-0.15, -0.1) is 0 Å². The third-order valence-corrected chi connectivity index (χ3v) is 9.41. The number of likely N-dealkylation sites (tertiary alicyclic amines) is 1. The number of anilines is 4. The van der Waals surface area contributed by atoms with Gasteiger partial charge in [0.1, 0.15) is 0 Å². The third-order valence-electron chi connectivity index (χ3n) is 9.41. The van der Waals surface area contributed by atoms with Crippen LogP contribution in [0.2, 0.25) is 0 Å². The zero-order valence-corrected chi connectivity index (χ0v) is 31.2. The normalized spacial score (nSPS) is 14.7. The summed E-state index contributed by atoms with van der Waals surface area (Å²) in [5, 5.41) is 11.3. The Balaban J connectivity index is 0.000000206. The van der Waals surface area contributed by atoms with Crippen molar-refractivity contribution in [3.8, 4) is 0 Å². The van der Waals surface area contributed by atoms with Crippen LogP contribution in [0.15, 0.2) is 85.2 Å². The van der Waals surface area contributed by atoms with Crippen LogP contribution in [-0.2, 0) is 17.6 Å². The van der Waals surface area contributed by atoms with E-state index in [1.165, 1.54) is 43.5 Å². The van der Waals surface area contributed by atoms with Gasteiger partial charge in [0.05, 0.1) is 23.8 Å². The number of rotatable bonds is 10. The molecule has 5 amide bonds. The minimum atomic E-state index is -0.289. The summed E-state index contributed by atoms with van der Waals surface area (Å²) in [7, 11) is 0. The maximum absolute atomic E-state index is 12.2. The number of urea groups is 2. The van der Waals surface area contributed by atoms with Gasteiger partial charge in [0.25, 0.3) is 0 Å². The molecule has 2 saturated heterocycles. The lowest BCUT2D eigenvalue weighted by molar-refractivity contribution is -0.130. The summed E-state index contributed by atoms with van der Waals surface area (Å²) in [6, 6.07) is 22.8. The van der Waals surface area contributed by atoms with Crippen LogP contribution >= 0.6 is 0 Å². The van der Waals surface area contributed by atoms with Crippen molar-refractivity contribution >= 4 is 40.7 Å². The van der Waals surface area contributed by atoms with Crippen molar-refractivity contribution in [2.75, 3.05) is 73.6 Å². The Bertz CT molecular complexity index is 1770. The average Bonchev–Trinajstić information content (AvgIpc) is 3.16. The smallest absolute Gasteiger partial charge is 0.323 e. The largest absolute Gasteiger partial charge is 0.340 e. The van der Waals surface area contributed by atoms with Crippen LogP contribution in [0.25, 0.3) is 0 Å². The van der Waals surface area contributed by atoms with Crippen LogP contribution in [0, 0.1) is 13.8 Å². The van der Waals surface area contributed by atoms with Crippen molar-refractivity contribution in [2.24, 2.45) is 0 Å². The molecule has 4 heterocycles. The minimum absolute atomic E-state index is 0.151. The molecule has 12 nitrogen and oxygen atoms in total. The number of benzene rings is 2. The maximum atomic E-state index is 12.2. The van der Waals surface area contributed by atoms with Gasteiger partial charge in [-0.1, -0.05) is 30.7 Å². The van der Waals surface area contributed by atoms with Gasteiger partial charge in [0.15, 0.2) is 0 Å². The monoisotopic (exact) mass is 719 g/mol. The molecular weight excluding hydrogens is 667 g/mol. The Morgan fingerprint density at radius 3 is 1.45 bits per heavy atom. The van der Waals surface area contributed by atoms with E-state index in [0.29, 0.717) is 11.4 Å². The summed E-state index contributed by atoms with van der Waals surface area (Å²) in [6.45, 7) is 13.3. The summed E-state index contributed by atoms with van der Waals surface area (Å²) < 4.78 is 0. The van der Waals surface area contributed by atoms with Crippen LogP contribution in [0.3, 0.4) is 0 Å². The molecule has 6 rings (SSSR count). The second-order valence-corrected chi connectivity index (χ2v) is 13.7. The standard InChI is InChI=1S/C21H27N5O2.C20H26N4O/c1-16-6-7-20(15-22-16)24-21(28)23-19-5-3-4-18(14-19)8-9-25-10-12-26(13-11-25)17(2)27;1-16-8-9-19(15-21-16)23-20(25)22-18-7-5-6-17(14-18)10-13-24-11-3-2-4-12-24/h3-7,14-15H,8-13H2,1-2H3,(H2,23,24,28);5-9,14-15H,2-4,10-13H2,1H3,(H2,22,23,25). The number of nitrogens with one attached hydrogen (secondary N) is 4. The van der Waals surface area contributed by atoms with E-state index in [1.54, 1.807) is 19.3 Å². The van der Waals surface area contributed by atoms with Crippen LogP contribution in [0.1, 0.15) is 48.7 Å². The summed E-state index contributed by atoms with van der Waals surface area (Å²) in [5.41, 5.74) is 7.16. The average molecular weight is 720 g/mol. The Kier molecular flexibility index (Phi) is 14.7. The Hall–Kier alpha value is -5.33. The van der Waals surface area contributed by atoms with Gasteiger partial charge in [-0.25, -0.2) is 9.59 Å². The van der Waals surface area contributed by atoms with Crippen LogP contribution < -0.4 is 21.3 Å². The highest BCUT2D eigenvalue weighted by Gasteiger charge is 2.18. The molecule has 0 atom stereocenters. The Morgan fingerprint density at radius 2 is 1.02 bits per heavy atom. The fourth-order valence-corrected chi connectivity index (χ4v) is 6.32. The van der Waals surface area contributed by atoms with E-state index in [-0.39, 0.29) is 18.0 Å². The van der Waals surface area contributed by atoms with Crippen LogP contribution in [-0.4, -0.2) is 95.0 Å². The number of piperazine rings is 1. The highest BCUT2D eigenvalue weighted by atomic mass is 16.2. The molecule has 2 aliphatic rings. The number of aryl methyl sites for hydroxylation is 2. The zero-order chi connectivity index (χ0) is 37.4. The van der Waals surface area contributed by atoms with Gasteiger partial charge >= 0.3 is 12.1 Å². The minimum Gasteiger partial charge on any atom is -0.340 e. The van der Waals surface area contributed by atoms with E-state index in [9.17, 15) is 14.4 Å². The molecule has 53 heavy (non-hydrogen) atoms. The van der Waals surface area contributed by atoms with Crippen LogP contribution in [0.4, 0.5) is 32.3 Å². The molecule has 0 aliphatic carbocycles. The van der Waals surface area contributed by atoms with Gasteiger partial charge in [0, 0.05) is 69.0 Å². The number of carbonyl (C=O) groups is 3. The highest BCUT2D eigenvalue weighted by molar-refractivity contribution is 6.00. The topological polar surface area (TPSA) is 135 Å². The predicted octanol–water partition coefficient (Wildman–Crippen LogP) is 6.80. The first kappa shape index (κ1) is 38.9. The molecule has 2 aliphatic heterocycles. The first-order chi connectivity index (χ1) is 25.7. The summed E-state index contributed by atoms with van der Waals surface area (Å²) >= 11 is 0. The van der Waals surface area contributed by atoms with Crippen LogP contribution in [0.5, 0.6) is 0 Å². The first-order valence-electron chi connectivity index (χ1n) is 18.6. The number of aromatic nitrogens is 2. The molecule has 4 N–H and O–H groups in total. The van der Waals surface area contributed by atoms with Crippen molar-refractivity contribution in [3.05, 3.63) is 108 Å². The van der Waals surface area contributed by atoms with Crippen molar-refractivity contribution in [1.82, 2.24) is 24.7 Å². The lowest BCUT2D eigenvalue weighted by atomic mass is 10.1. The second kappa shape index (κ2) is 20.1. The Morgan fingerprint density at radius 1 is 0.566 bits per heavy atom. The molecule has 12 heteroatoms. The number of pyridine rings is 2. The Labute approximate surface area is 313 Å². The molecular formula is C41H53N9O3. The maximum Gasteiger partial charge on any atom is 0.323 e. The molecule has 2 aromatic heterocycles. The molecule has 0 unspecified atom stereocenters. The number of carbonyl (C=O) groups excluding carboxylic acids is 3. The number of hydrogen-bond acceptors (Lipinski definition) is 7. The molecule has 0 saturated carbocycles. The van der Waals surface area contributed by atoms with E-state index in [0.717, 1.165) is 74.9 Å². The van der Waals surface area contributed by atoms with Crippen molar-refractivity contribution in [1.29, 1.82) is 0 Å². The molecule has 0 spiro atoms. The predicted molar refractivity (Wildman–Crippen MR) is 213 cm³/mol. The molecule has 0 radical (unpaired) electrons. The van der Waals surface area contributed by atoms with E-state index in [1.807, 2.05) is 73.3 Å². The van der Waals surface area contributed by atoms with Gasteiger partial charge < -0.3 is 31.1 Å². The molecule has 2 fully saturated rings. The lowest BCUT2D eigenvalue weighted by Gasteiger charge is -2.34. The summed E-state index contributed by atoms with van der Waals surface area (Å²) in [5.74, 6) is 0.151. The fourth-order valence-electron chi connectivity index (χ4n) is 6.32. The van der Waals surface area contributed by atoms with Gasteiger partial charge in [0.2, 0.25) is 5.91 Å². The fraction of sp³-hybridized carbons (Fsp3) is 0.390. The van der Waals surface area contributed by atoms with Crippen molar-refractivity contribution in [2.45, 2.75) is 52.9 Å². The molecule has 280 valence electrons. The quantitative estimate of drug-likeness (QED) is 0.142. The molecule has 4 aromatic rings. The van der Waals surface area contributed by atoms with E-state index in [2.05, 4.69) is 59.2 Å². The highest BCUT2D eigenvalue weighted by Crippen LogP contribution is 2.16. The second-order valence-electron chi connectivity index (χ2n) is 13.7. The SMILES string of the molecule is CC(=O)N1CCN(CCc2cccc(NC(=O)Nc3ccc(C)nc3)c2)CC1.Cc1ccc(NC(=O)Nc2cccc(CCN3CCCCC3)c2)cn1. The van der Waals surface area contributed by atoms with Crippen molar-refractivity contribution < 1.29 is 14.4 Å². The lowest BCUT2D eigenvalue weighted by Crippen LogP contribution is -2.48. The van der Waals surface area contributed by atoms with Gasteiger partial charge in [-0.2, -0.15) is 0 Å². The van der Waals surface area contributed by atoms with E-state index < -0.39 is 0 Å². The van der Waals surface area contributed by atoms with Gasteiger partial charge in [-0.3, -0.25) is 19.7 Å². The molecule has 0 bridgehead atoms. The summed E-state index contributed by atoms with van der Waals surface area (Å²) in [6.07, 6.45) is 9.20. The molecule has 2 aromatic carbocycles. The van der Waals surface area contributed by atoms with E-state index in [4.69, 9.17) is 0 Å². The summed E-state index contributed by atoms with van der Waals surface area (Å²) in [4.78, 5) is 50.8. The number of amides is 5. The van der Waals surface area contributed by atoms with Crippen molar-refractivity contribution in [3.63, 3.8) is 0 Å². The number of hydrogen-bond donors (Lipinski definition) is 4. The van der Waals surface area contributed by atoms with Gasteiger partial charge in [-0.05, 0) is 112 Å². The number of piperidine rings is 1. The van der Waals surface area contributed by atoms with E-state index >= 15 is 0 Å². The first-order valence-corrected chi connectivity index (χ1v) is 18.6.